The molecule has 1 rings (SSSR count). The second-order valence-corrected chi connectivity index (χ2v) is 4.34. The third-order valence-electron chi connectivity index (χ3n) is 2.92. The van der Waals surface area contributed by atoms with Gasteiger partial charge < -0.3 is 0 Å². The van der Waals surface area contributed by atoms with E-state index in [4.69, 9.17) is 0 Å². The summed E-state index contributed by atoms with van der Waals surface area (Å²) in [5.41, 5.74) is 4.83. The van der Waals surface area contributed by atoms with Gasteiger partial charge in [-0.1, -0.05) is 20.8 Å². The van der Waals surface area contributed by atoms with Crippen molar-refractivity contribution in [3.63, 3.8) is 0 Å². The fourth-order valence-corrected chi connectivity index (χ4v) is 1.52. The summed E-state index contributed by atoms with van der Waals surface area (Å²) in [4.78, 5) is 9.25. The highest BCUT2D eigenvalue weighted by molar-refractivity contribution is 5.84. The maximum atomic E-state index is 4.64. The van der Waals surface area contributed by atoms with Crippen LogP contribution in [0.3, 0.4) is 0 Å². The summed E-state index contributed by atoms with van der Waals surface area (Å²) in [6.45, 7) is 10.7. The van der Waals surface area contributed by atoms with Crippen LogP contribution >= 0.6 is 0 Å². The SMILES string of the molecule is CCC(C)=NC1=C(N=C(C)CC)C(C)C1. The number of nitrogens with zero attached hydrogens (tertiary/aromatic N) is 2. The lowest BCUT2D eigenvalue weighted by atomic mass is 9.88. The Hall–Kier alpha value is -0.920. The second-order valence-electron chi connectivity index (χ2n) is 4.34. The summed E-state index contributed by atoms with van der Waals surface area (Å²) in [7, 11) is 0. The first-order valence-electron chi connectivity index (χ1n) is 5.89. The Morgan fingerprint density at radius 3 is 2.13 bits per heavy atom. The Bertz CT molecular complexity index is 321. The minimum atomic E-state index is 0.593. The molecule has 0 aromatic heterocycles. The number of allylic oxidation sites excluding steroid dienone is 2. The zero-order valence-corrected chi connectivity index (χ0v) is 10.6. The van der Waals surface area contributed by atoms with Crippen LogP contribution in [0.25, 0.3) is 0 Å². The van der Waals surface area contributed by atoms with E-state index in [1.54, 1.807) is 0 Å². The quantitative estimate of drug-likeness (QED) is 0.622. The fourth-order valence-electron chi connectivity index (χ4n) is 1.52. The van der Waals surface area contributed by atoms with E-state index in [2.05, 4.69) is 44.6 Å². The van der Waals surface area contributed by atoms with Crippen molar-refractivity contribution < 1.29 is 0 Å². The Morgan fingerprint density at radius 2 is 1.67 bits per heavy atom. The van der Waals surface area contributed by atoms with Gasteiger partial charge >= 0.3 is 0 Å². The van der Waals surface area contributed by atoms with Gasteiger partial charge in [0.1, 0.15) is 0 Å². The van der Waals surface area contributed by atoms with Crippen LogP contribution in [-0.4, -0.2) is 11.4 Å². The topological polar surface area (TPSA) is 24.7 Å². The Labute approximate surface area is 93.2 Å². The van der Waals surface area contributed by atoms with Crippen molar-refractivity contribution in [1.29, 1.82) is 0 Å². The highest BCUT2D eigenvalue weighted by Crippen LogP contribution is 2.36. The van der Waals surface area contributed by atoms with Crippen LogP contribution in [0.4, 0.5) is 0 Å². The molecule has 0 spiro atoms. The van der Waals surface area contributed by atoms with Gasteiger partial charge in [0, 0.05) is 17.3 Å². The van der Waals surface area contributed by atoms with Gasteiger partial charge in [-0.15, -0.1) is 0 Å². The predicted molar refractivity (Wildman–Crippen MR) is 67.6 cm³/mol. The van der Waals surface area contributed by atoms with Crippen molar-refractivity contribution in [3.8, 4) is 0 Å². The predicted octanol–water partition coefficient (Wildman–Crippen LogP) is 3.98. The van der Waals surface area contributed by atoms with E-state index in [1.807, 2.05) is 0 Å². The maximum absolute atomic E-state index is 4.64. The van der Waals surface area contributed by atoms with E-state index in [9.17, 15) is 0 Å². The molecule has 15 heavy (non-hydrogen) atoms. The van der Waals surface area contributed by atoms with Gasteiger partial charge in [0.05, 0.1) is 11.4 Å². The van der Waals surface area contributed by atoms with Crippen LogP contribution in [0.2, 0.25) is 0 Å². The first-order chi connectivity index (χ1) is 7.08. The van der Waals surface area contributed by atoms with Crippen molar-refractivity contribution in [1.82, 2.24) is 0 Å². The molecule has 0 saturated heterocycles. The molecule has 0 aromatic carbocycles. The van der Waals surface area contributed by atoms with E-state index in [-0.39, 0.29) is 0 Å². The average molecular weight is 206 g/mol. The van der Waals surface area contributed by atoms with Gasteiger partial charge in [-0.3, -0.25) is 9.98 Å². The lowest BCUT2D eigenvalue weighted by Gasteiger charge is -2.25. The summed E-state index contributed by atoms with van der Waals surface area (Å²) in [5.74, 6) is 0.593. The lowest BCUT2D eigenvalue weighted by molar-refractivity contribution is 0.569. The maximum Gasteiger partial charge on any atom is 0.0649 e. The minimum absolute atomic E-state index is 0.593. The molecule has 0 aliphatic heterocycles. The number of hydrogen-bond donors (Lipinski definition) is 0. The molecule has 1 aliphatic carbocycles. The highest BCUT2D eigenvalue weighted by atomic mass is 14.9. The third kappa shape index (κ3) is 3.01. The van der Waals surface area contributed by atoms with Crippen LogP contribution in [0, 0.1) is 5.92 Å². The molecule has 0 saturated carbocycles. The summed E-state index contributed by atoms with van der Waals surface area (Å²) < 4.78 is 0. The molecule has 0 radical (unpaired) electrons. The summed E-state index contributed by atoms with van der Waals surface area (Å²) in [5, 5.41) is 0. The summed E-state index contributed by atoms with van der Waals surface area (Å²) in [6, 6.07) is 0. The highest BCUT2D eigenvalue weighted by Gasteiger charge is 2.25. The molecule has 0 aromatic rings. The lowest BCUT2D eigenvalue weighted by Crippen LogP contribution is -2.15. The normalized spacial score (nSPS) is 23.1. The van der Waals surface area contributed by atoms with Gasteiger partial charge in [0.25, 0.3) is 0 Å². The molecular weight excluding hydrogens is 184 g/mol. The molecule has 0 N–H and O–H groups in total. The molecule has 2 heteroatoms. The summed E-state index contributed by atoms with van der Waals surface area (Å²) in [6.07, 6.45) is 3.15. The van der Waals surface area contributed by atoms with Crippen molar-refractivity contribution in [2.75, 3.05) is 0 Å². The van der Waals surface area contributed by atoms with E-state index in [0.29, 0.717) is 5.92 Å². The van der Waals surface area contributed by atoms with E-state index >= 15 is 0 Å². The zero-order valence-electron chi connectivity index (χ0n) is 10.6. The monoisotopic (exact) mass is 206 g/mol. The van der Waals surface area contributed by atoms with Crippen LogP contribution in [-0.2, 0) is 0 Å². The average Bonchev–Trinajstić information content (AvgIpc) is 2.24. The molecule has 0 amide bonds. The van der Waals surface area contributed by atoms with E-state index in [0.717, 1.165) is 19.3 Å². The number of hydrogen-bond acceptors (Lipinski definition) is 2. The van der Waals surface area contributed by atoms with Gasteiger partial charge in [0.2, 0.25) is 0 Å². The molecular formula is C13H22N2. The van der Waals surface area contributed by atoms with Gasteiger partial charge in [-0.2, -0.15) is 0 Å². The summed E-state index contributed by atoms with van der Waals surface area (Å²) >= 11 is 0. The zero-order chi connectivity index (χ0) is 11.4. The van der Waals surface area contributed by atoms with Crippen molar-refractivity contribution >= 4 is 11.4 Å². The smallest absolute Gasteiger partial charge is 0.0649 e. The molecule has 0 fully saturated rings. The largest absolute Gasteiger partial charge is 0.261 e. The molecule has 1 atom stereocenters. The fraction of sp³-hybridized carbons (Fsp3) is 0.692. The van der Waals surface area contributed by atoms with Crippen molar-refractivity contribution in [2.24, 2.45) is 15.9 Å². The van der Waals surface area contributed by atoms with Gasteiger partial charge in [0.15, 0.2) is 0 Å². The van der Waals surface area contributed by atoms with Crippen LogP contribution in [0.5, 0.6) is 0 Å². The molecule has 2 nitrogen and oxygen atoms in total. The van der Waals surface area contributed by atoms with Crippen molar-refractivity contribution in [3.05, 3.63) is 11.4 Å². The van der Waals surface area contributed by atoms with E-state index in [1.165, 1.54) is 22.8 Å². The molecule has 0 bridgehead atoms. The van der Waals surface area contributed by atoms with E-state index < -0.39 is 0 Å². The van der Waals surface area contributed by atoms with Crippen LogP contribution in [0.15, 0.2) is 21.4 Å². The molecule has 84 valence electrons. The van der Waals surface area contributed by atoms with Crippen LogP contribution in [0.1, 0.15) is 53.9 Å². The standard InChI is InChI=1S/C13H22N2/c1-6-10(4)14-12-8-9(3)13(12)15-11(5)7-2/h9H,6-8H2,1-5H3. The van der Waals surface area contributed by atoms with Crippen LogP contribution < -0.4 is 0 Å². The number of aliphatic imine (C=N–C) groups is 2. The Morgan fingerprint density at radius 1 is 1.13 bits per heavy atom. The first kappa shape index (κ1) is 12.2. The molecule has 0 heterocycles. The third-order valence-corrected chi connectivity index (χ3v) is 2.92. The van der Waals surface area contributed by atoms with Gasteiger partial charge in [-0.05, 0) is 33.1 Å². The minimum Gasteiger partial charge on any atom is -0.261 e. The first-order valence-corrected chi connectivity index (χ1v) is 5.89. The second kappa shape index (κ2) is 5.24. The van der Waals surface area contributed by atoms with Gasteiger partial charge in [-0.25, -0.2) is 0 Å². The molecule has 1 aliphatic rings. The Kier molecular flexibility index (Phi) is 4.25. The Balaban J connectivity index is 2.88. The number of rotatable bonds is 4. The molecule has 1 unspecified atom stereocenters. The van der Waals surface area contributed by atoms with Crippen molar-refractivity contribution in [2.45, 2.75) is 53.9 Å².